The van der Waals surface area contributed by atoms with E-state index >= 15 is 0 Å². The van der Waals surface area contributed by atoms with Gasteiger partial charge in [0, 0.05) is 10.0 Å². The molecule has 1 amide bonds. The largest absolute Gasteiger partial charge is 0.271 e. The number of benzene rings is 2. The Kier molecular flexibility index (Phi) is 4.69. The van der Waals surface area contributed by atoms with Gasteiger partial charge in [-0.1, -0.05) is 46.3 Å². The topological polar surface area (TPSA) is 41.5 Å². The second-order valence-corrected chi connectivity index (χ2v) is 5.37. The maximum Gasteiger partial charge on any atom is 0.271 e. The fourth-order valence-corrected chi connectivity index (χ4v) is 2.07. The third-order valence-electron chi connectivity index (χ3n) is 2.99. The van der Waals surface area contributed by atoms with Gasteiger partial charge in [0.2, 0.25) is 0 Å². The Hall–Kier alpha value is -1.94. The van der Waals surface area contributed by atoms with Crippen molar-refractivity contribution < 1.29 is 4.79 Å². The second-order valence-electron chi connectivity index (χ2n) is 4.52. The van der Waals surface area contributed by atoms with E-state index < -0.39 is 0 Å². The third kappa shape index (κ3) is 3.54. The zero-order valence-corrected chi connectivity index (χ0v) is 12.9. The van der Waals surface area contributed by atoms with Crippen LogP contribution < -0.4 is 5.43 Å². The first-order chi connectivity index (χ1) is 9.58. The fraction of sp³-hybridized carbons (Fsp3) is 0.125. The second kappa shape index (κ2) is 6.48. The quantitative estimate of drug-likeness (QED) is 0.674. The van der Waals surface area contributed by atoms with E-state index in [1.807, 2.05) is 44.2 Å². The molecule has 0 fully saturated rings. The lowest BCUT2D eigenvalue weighted by atomic mass is 10.1. The molecule has 0 saturated carbocycles. The molecule has 0 aliphatic heterocycles. The predicted molar refractivity (Wildman–Crippen MR) is 85.1 cm³/mol. The molecule has 0 aliphatic rings. The molecule has 0 radical (unpaired) electrons. The van der Waals surface area contributed by atoms with E-state index in [-0.39, 0.29) is 5.91 Å². The Balaban J connectivity index is 2.05. The van der Waals surface area contributed by atoms with Gasteiger partial charge >= 0.3 is 0 Å². The minimum absolute atomic E-state index is 0.226. The molecular formula is C16H15BrN2O. The van der Waals surface area contributed by atoms with Crippen LogP contribution >= 0.6 is 15.9 Å². The number of amides is 1. The van der Waals surface area contributed by atoms with Crippen LogP contribution in [-0.2, 0) is 0 Å². The van der Waals surface area contributed by atoms with Crippen LogP contribution in [0.15, 0.2) is 52.0 Å². The number of aryl methyl sites for hydroxylation is 2. The Morgan fingerprint density at radius 2 is 1.90 bits per heavy atom. The number of nitrogens with zero attached hydrogens (tertiary/aromatic N) is 1. The Labute approximate surface area is 126 Å². The average molecular weight is 331 g/mol. The first kappa shape index (κ1) is 14.5. The maximum atomic E-state index is 11.9. The van der Waals surface area contributed by atoms with Gasteiger partial charge in [0.25, 0.3) is 5.91 Å². The number of hydrogen-bond acceptors (Lipinski definition) is 2. The van der Waals surface area contributed by atoms with Crippen molar-refractivity contribution in [1.82, 2.24) is 5.43 Å². The summed E-state index contributed by atoms with van der Waals surface area (Å²) in [7, 11) is 0. The van der Waals surface area contributed by atoms with Gasteiger partial charge in [-0.2, -0.15) is 5.10 Å². The number of rotatable bonds is 3. The van der Waals surface area contributed by atoms with Gasteiger partial charge < -0.3 is 0 Å². The van der Waals surface area contributed by atoms with Crippen LogP contribution in [0.5, 0.6) is 0 Å². The van der Waals surface area contributed by atoms with Gasteiger partial charge in [-0.15, -0.1) is 0 Å². The highest BCUT2D eigenvalue weighted by atomic mass is 79.9. The van der Waals surface area contributed by atoms with E-state index in [0.29, 0.717) is 5.56 Å². The van der Waals surface area contributed by atoms with E-state index in [0.717, 1.165) is 21.2 Å². The number of carbonyl (C=O) groups is 1. The molecule has 2 aromatic rings. The van der Waals surface area contributed by atoms with Crippen LogP contribution in [0, 0.1) is 13.8 Å². The van der Waals surface area contributed by atoms with Crippen molar-refractivity contribution in [2.45, 2.75) is 13.8 Å². The summed E-state index contributed by atoms with van der Waals surface area (Å²) in [5, 5.41) is 3.99. The van der Waals surface area contributed by atoms with Crippen LogP contribution in [0.25, 0.3) is 0 Å². The first-order valence-corrected chi connectivity index (χ1v) is 7.02. The van der Waals surface area contributed by atoms with E-state index in [9.17, 15) is 4.79 Å². The molecule has 4 heteroatoms. The van der Waals surface area contributed by atoms with Crippen molar-refractivity contribution in [3.8, 4) is 0 Å². The molecule has 0 aliphatic carbocycles. The highest BCUT2D eigenvalue weighted by molar-refractivity contribution is 9.10. The van der Waals surface area contributed by atoms with Gasteiger partial charge in [-0.05, 0) is 42.7 Å². The summed E-state index contributed by atoms with van der Waals surface area (Å²) >= 11 is 3.41. The molecule has 2 rings (SSSR count). The number of hydrazone groups is 1. The zero-order valence-electron chi connectivity index (χ0n) is 11.4. The van der Waals surface area contributed by atoms with E-state index in [1.165, 1.54) is 0 Å². The molecule has 0 heterocycles. The standard InChI is InChI=1S/C16H15BrN2O/c1-11-5-3-4-6-14(11)10-18-19-16(20)13-8-7-12(2)15(17)9-13/h3-10H,1-2H3,(H,19,20). The molecule has 3 nitrogen and oxygen atoms in total. The molecule has 0 unspecified atom stereocenters. The van der Waals surface area contributed by atoms with Crippen molar-refractivity contribution in [3.63, 3.8) is 0 Å². The number of hydrogen-bond donors (Lipinski definition) is 1. The van der Waals surface area contributed by atoms with Crippen molar-refractivity contribution in [3.05, 3.63) is 69.2 Å². The van der Waals surface area contributed by atoms with Crippen LogP contribution in [0.2, 0.25) is 0 Å². The number of carbonyl (C=O) groups excluding carboxylic acids is 1. The van der Waals surface area contributed by atoms with E-state index in [4.69, 9.17) is 0 Å². The number of nitrogens with one attached hydrogen (secondary N) is 1. The molecule has 1 N–H and O–H groups in total. The zero-order chi connectivity index (χ0) is 14.5. The molecule has 102 valence electrons. The Morgan fingerprint density at radius 1 is 1.15 bits per heavy atom. The lowest BCUT2D eigenvalue weighted by Crippen LogP contribution is -2.17. The summed E-state index contributed by atoms with van der Waals surface area (Å²) in [4.78, 5) is 11.9. The van der Waals surface area contributed by atoms with E-state index in [1.54, 1.807) is 18.3 Å². The molecule has 0 aromatic heterocycles. The summed E-state index contributed by atoms with van der Waals surface area (Å²) in [6, 6.07) is 13.3. The van der Waals surface area contributed by atoms with Crippen LogP contribution in [0.4, 0.5) is 0 Å². The minimum atomic E-state index is -0.226. The monoisotopic (exact) mass is 330 g/mol. The lowest BCUT2D eigenvalue weighted by molar-refractivity contribution is 0.0955. The van der Waals surface area contributed by atoms with Crippen molar-refractivity contribution in [2.24, 2.45) is 5.10 Å². The van der Waals surface area contributed by atoms with Gasteiger partial charge in [-0.3, -0.25) is 4.79 Å². The maximum absolute atomic E-state index is 11.9. The van der Waals surface area contributed by atoms with Crippen molar-refractivity contribution in [1.29, 1.82) is 0 Å². The Bertz CT molecular complexity index is 665. The molecule has 2 aromatic carbocycles. The molecule has 20 heavy (non-hydrogen) atoms. The fourth-order valence-electron chi connectivity index (χ4n) is 1.69. The molecule has 0 saturated heterocycles. The summed E-state index contributed by atoms with van der Waals surface area (Å²) in [6.07, 6.45) is 1.65. The van der Waals surface area contributed by atoms with Crippen LogP contribution in [0.1, 0.15) is 27.0 Å². The summed E-state index contributed by atoms with van der Waals surface area (Å²) in [6.45, 7) is 3.97. The van der Waals surface area contributed by atoms with Gasteiger partial charge in [0.1, 0.15) is 0 Å². The predicted octanol–water partition coefficient (Wildman–Crippen LogP) is 3.83. The van der Waals surface area contributed by atoms with Crippen molar-refractivity contribution >= 4 is 28.1 Å². The Morgan fingerprint density at radius 3 is 2.60 bits per heavy atom. The third-order valence-corrected chi connectivity index (χ3v) is 3.85. The van der Waals surface area contributed by atoms with Gasteiger partial charge in [-0.25, -0.2) is 5.43 Å². The molecule has 0 spiro atoms. The normalized spacial score (nSPS) is 10.8. The van der Waals surface area contributed by atoms with Gasteiger partial charge in [0.05, 0.1) is 6.21 Å². The smallest absolute Gasteiger partial charge is 0.267 e. The van der Waals surface area contributed by atoms with Crippen LogP contribution in [-0.4, -0.2) is 12.1 Å². The highest BCUT2D eigenvalue weighted by Gasteiger charge is 2.05. The summed E-state index contributed by atoms with van der Waals surface area (Å²) < 4.78 is 0.910. The minimum Gasteiger partial charge on any atom is -0.267 e. The van der Waals surface area contributed by atoms with Crippen LogP contribution in [0.3, 0.4) is 0 Å². The average Bonchev–Trinajstić information content (AvgIpc) is 2.44. The highest BCUT2D eigenvalue weighted by Crippen LogP contribution is 2.17. The lowest BCUT2D eigenvalue weighted by Gasteiger charge is -2.03. The first-order valence-electron chi connectivity index (χ1n) is 6.23. The van der Waals surface area contributed by atoms with Gasteiger partial charge in [0.15, 0.2) is 0 Å². The SMILES string of the molecule is Cc1ccc(C(=O)NN=Cc2ccccc2C)cc1Br. The molecular weight excluding hydrogens is 316 g/mol. The molecule has 0 bridgehead atoms. The number of halogens is 1. The van der Waals surface area contributed by atoms with E-state index in [2.05, 4.69) is 26.5 Å². The summed E-state index contributed by atoms with van der Waals surface area (Å²) in [5.74, 6) is -0.226. The molecule has 0 atom stereocenters. The van der Waals surface area contributed by atoms with Crippen molar-refractivity contribution in [2.75, 3.05) is 0 Å². The summed E-state index contributed by atoms with van der Waals surface area (Å²) in [5.41, 5.74) is 6.29.